The summed E-state index contributed by atoms with van der Waals surface area (Å²) in [6, 6.07) is 4.14. The number of hydrogen-bond acceptors (Lipinski definition) is 6. The third kappa shape index (κ3) is 4.88. The van der Waals surface area contributed by atoms with Crippen LogP contribution in [0, 0.1) is 13.8 Å². The number of aryl methyl sites for hydroxylation is 2. The number of aromatic nitrogens is 1. The number of amides is 1. The van der Waals surface area contributed by atoms with Crippen molar-refractivity contribution in [2.24, 2.45) is 0 Å². The van der Waals surface area contributed by atoms with E-state index in [-0.39, 0.29) is 5.91 Å². The summed E-state index contributed by atoms with van der Waals surface area (Å²) >= 11 is 3.21. The lowest BCUT2D eigenvalue weighted by molar-refractivity contribution is -0.117. The number of methoxy groups -OCH3 is 1. The van der Waals surface area contributed by atoms with Crippen molar-refractivity contribution < 1.29 is 14.3 Å². The molecule has 0 atom stereocenters. The number of anilines is 1. The number of ether oxygens (including phenoxy) is 2. The maximum atomic E-state index is 11.9. The summed E-state index contributed by atoms with van der Waals surface area (Å²) in [5.41, 5.74) is 0.953. The quantitative estimate of drug-likeness (QED) is 0.747. The molecule has 22 heavy (non-hydrogen) atoms. The van der Waals surface area contributed by atoms with Crippen molar-refractivity contribution in [3.8, 4) is 10.6 Å². The first kappa shape index (κ1) is 17.1. The molecule has 0 aliphatic carbocycles. The Bertz CT molecular complexity index is 622. The Morgan fingerprint density at radius 1 is 1.23 bits per heavy atom. The topological polar surface area (TPSA) is 60.5 Å². The summed E-state index contributed by atoms with van der Waals surface area (Å²) in [7, 11) is 1.62. The fourth-order valence-corrected chi connectivity index (χ4v) is 3.65. The molecule has 0 unspecified atom stereocenters. The minimum atomic E-state index is -0.0833. The number of carbonyl (C=O) groups is 1. The van der Waals surface area contributed by atoms with E-state index in [0.29, 0.717) is 31.4 Å². The zero-order valence-corrected chi connectivity index (χ0v) is 14.6. The molecule has 0 aromatic carbocycles. The van der Waals surface area contributed by atoms with Crippen LogP contribution in [0.2, 0.25) is 0 Å². The lowest BCUT2D eigenvalue weighted by Gasteiger charge is -2.03. The van der Waals surface area contributed by atoms with E-state index < -0.39 is 0 Å². The predicted octanol–water partition coefficient (Wildman–Crippen LogP) is 3.48. The molecule has 0 saturated heterocycles. The van der Waals surface area contributed by atoms with E-state index in [4.69, 9.17) is 9.47 Å². The van der Waals surface area contributed by atoms with Crippen LogP contribution in [0.3, 0.4) is 0 Å². The Kier molecular flexibility index (Phi) is 6.50. The normalized spacial score (nSPS) is 10.9. The molecule has 5 nitrogen and oxygen atoms in total. The number of nitrogens with zero attached hydrogens (tertiary/aromatic N) is 1. The summed E-state index contributed by atoms with van der Waals surface area (Å²) in [6.07, 6.45) is 0.315. The molecule has 0 aliphatic rings. The lowest BCUT2D eigenvalue weighted by atomic mass is 10.3. The van der Waals surface area contributed by atoms with Crippen molar-refractivity contribution in [2.45, 2.75) is 20.3 Å². The summed E-state index contributed by atoms with van der Waals surface area (Å²) < 4.78 is 10.2. The molecule has 1 N–H and O–H groups in total. The smallest absolute Gasteiger partial charge is 0.228 e. The third-order valence-electron chi connectivity index (χ3n) is 2.92. The van der Waals surface area contributed by atoms with Gasteiger partial charge in [0.25, 0.3) is 0 Å². The van der Waals surface area contributed by atoms with Gasteiger partial charge in [-0.15, -0.1) is 22.7 Å². The molecule has 2 rings (SSSR count). The van der Waals surface area contributed by atoms with Gasteiger partial charge in [0.2, 0.25) is 5.91 Å². The molecule has 0 spiro atoms. The molecule has 1 amide bonds. The monoisotopic (exact) mass is 340 g/mol. The van der Waals surface area contributed by atoms with E-state index >= 15 is 0 Å². The van der Waals surface area contributed by atoms with Crippen LogP contribution >= 0.6 is 22.7 Å². The van der Waals surface area contributed by atoms with Crippen molar-refractivity contribution in [2.75, 3.05) is 32.2 Å². The number of thiazole rings is 1. The first-order valence-corrected chi connectivity index (χ1v) is 8.64. The zero-order valence-electron chi connectivity index (χ0n) is 13.0. The number of carbonyl (C=O) groups excluding carboxylic acids is 1. The molecule has 0 fully saturated rings. The van der Waals surface area contributed by atoms with Crippen LogP contribution in [0.5, 0.6) is 0 Å². The van der Waals surface area contributed by atoms with E-state index in [2.05, 4.69) is 29.4 Å². The van der Waals surface area contributed by atoms with Gasteiger partial charge in [-0.25, -0.2) is 4.98 Å². The van der Waals surface area contributed by atoms with Gasteiger partial charge in [0.1, 0.15) is 0 Å². The van der Waals surface area contributed by atoms with Gasteiger partial charge in [0, 0.05) is 16.9 Å². The highest BCUT2D eigenvalue weighted by atomic mass is 32.1. The van der Waals surface area contributed by atoms with E-state index in [1.54, 1.807) is 18.4 Å². The molecule has 120 valence electrons. The summed E-state index contributed by atoms with van der Waals surface area (Å²) in [4.78, 5) is 19.9. The molecule has 0 bridgehead atoms. The second-order valence-corrected chi connectivity index (χ2v) is 7.23. The number of rotatable bonds is 8. The van der Waals surface area contributed by atoms with Crippen LogP contribution < -0.4 is 5.32 Å². The van der Waals surface area contributed by atoms with Gasteiger partial charge in [0.05, 0.1) is 36.8 Å². The van der Waals surface area contributed by atoms with Crippen molar-refractivity contribution in [1.82, 2.24) is 4.98 Å². The Hall–Kier alpha value is -1.28. The van der Waals surface area contributed by atoms with Crippen LogP contribution in [0.4, 0.5) is 5.13 Å². The minimum absolute atomic E-state index is 0.0833. The van der Waals surface area contributed by atoms with Gasteiger partial charge in [0.15, 0.2) is 5.13 Å². The fourth-order valence-electron chi connectivity index (χ4n) is 1.83. The average molecular weight is 340 g/mol. The predicted molar refractivity (Wildman–Crippen MR) is 90.8 cm³/mol. The molecular weight excluding hydrogens is 320 g/mol. The first-order valence-electron chi connectivity index (χ1n) is 7.01. The SMILES string of the molecule is COCCOCCC(=O)Nc1nc(-c2ccc(C)s2)c(C)s1. The number of thiophene rings is 1. The summed E-state index contributed by atoms with van der Waals surface area (Å²) in [5.74, 6) is -0.0833. The van der Waals surface area contributed by atoms with Crippen LogP contribution in [-0.2, 0) is 14.3 Å². The van der Waals surface area contributed by atoms with Crippen LogP contribution in [-0.4, -0.2) is 37.8 Å². The Labute approximate surface area is 138 Å². The van der Waals surface area contributed by atoms with E-state index in [1.807, 2.05) is 6.92 Å². The standard InChI is InChI=1S/C15H20N2O3S2/c1-10-4-5-12(21-10)14-11(2)22-15(17-14)16-13(18)6-7-20-9-8-19-3/h4-5H,6-9H2,1-3H3,(H,16,17,18). The summed E-state index contributed by atoms with van der Waals surface area (Å²) in [5, 5.41) is 3.47. The number of hydrogen-bond donors (Lipinski definition) is 1. The molecule has 2 heterocycles. The van der Waals surface area contributed by atoms with Crippen LogP contribution in [0.25, 0.3) is 10.6 Å². The van der Waals surface area contributed by atoms with E-state index in [0.717, 1.165) is 15.4 Å². The molecule has 0 aliphatic heterocycles. The zero-order chi connectivity index (χ0) is 15.9. The minimum Gasteiger partial charge on any atom is -0.382 e. The fraction of sp³-hybridized carbons (Fsp3) is 0.467. The van der Waals surface area contributed by atoms with Crippen molar-refractivity contribution >= 4 is 33.7 Å². The van der Waals surface area contributed by atoms with E-state index in [9.17, 15) is 4.79 Å². The first-order chi connectivity index (χ1) is 10.6. The van der Waals surface area contributed by atoms with Gasteiger partial charge in [-0.05, 0) is 26.0 Å². The van der Waals surface area contributed by atoms with Crippen molar-refractivity contribution in [3.63, 3.8) is 0 Å². The molecule has 0 radical (unpaired) electrons. The van der Waals surface area contributed by atoms with Gasteiger partial charge >= 0.3 is 0 Å². The van der Waals surface area contributed by atoms with Gasteiger partial charge in [-0.2, -0.15) is 0 Å². The summed E-state index contributed by atoms with van der Waals surface area (Å²) in [6.45, 7) is 5.52. The molecule has 2 aromatic heterocycles. The second kappa shape index (κ2) is 8.38. The maximum Gasteiger partial charge on any atom is 0.228 e. The molecule has 0 saturated carbocycles. The van der Waals surface area contributed by atoms with E-state index in [1.165, 1.54) is 16.2 Å². The Balaban J connectivity index is 1.87. The molecule has 2 aromatic rings. The third-order valence-corrected chi connectivity index (χ3v) is 4.82. The second-order valence-electron chi connectivity index (χ2n) is 4.74. The van der Waals surface area contributed by atoms with Crippen LogP contribution in [0.1, 0.15) is 16.2 Å². The highest BCUT2D eigenvalue weighted by Gasteiger charge is 2.13. The Morgan fingerprint density at radius 3 is 2.73 bits per heavy atom. The van der Waals surface area contributed by atoms with Gasteiger partial charge in [-0.3, -0.25) is 4.79 Å². The van der Waals surface area contributed by atoms with Crippen molar-refractivity contribution in [3.05, 3.63) is 21.9 Å². The lowest BCUT2D eigenvalue weighted by Crippen LogP contribution is -2.15. The maximum absolute atomic E-state index is 11.9. The highest BCUT2D eigenvalue weighted by Crippen LogP contribution is 2.34. The Morgan fingerprint density at radius 2 is 2.05 bits per heavy atom. The largest absolute Gasteiger partial charge is 0.382 e. The van der Waals surface area contributed by atoms with Gasteiger partial charge in [-0.1, -0.05) is 0 Å². The number of nitrogens with one attached hydrogen (secondary N) is 1. The van der Waals surface area contributed by atoms with Gasteiger partial charge < -0.3 is 14.8 Å². The average Bonchev–Trinajstić information content (AvgIpc) is 3.04. The van der Waals surface area contributed by atoms with Crippen molar-refractivity contribution in [1.29, 1.82) is 0 Å². The molecular formula is C15H20N2O3S2. The van der Waals surface area contributed by atoms with Crippen LogP contribution in [0.15, 0.2) is 12.1 Å². The highest BCUT2D eigenvalue weighted by molar-refractivity contribution is 7.18. The molecule has 7 heteroatoms.